The lowest BCUT2D eigenvalue weighted by atomic mass is 9.93. The molecule has 5 rings (SSSR count). The average molecular weight is 665 g/mol. The number of halogens is 1. The quantitative estimate of drug-likeness (QED) is 0.296. The third-order valence-corrected chi connectivity index (χ3v) is 9.68. The number of carbonyl (C=O) groups excluding carboxylic acids is 2. The van der Waals surface area contributed by atoms with Crippen LogP contribution in [0.2, 0.25) is 5.02 Å². The molecular weight excluding hydrogens is 612 g/mol. The summed E-state index contributed by atoms with van der Waals surface area (Å²) in [4.78, 5) is 39.6. The molecule has 9 nitrogen and oxygen atoms in total. The highest BCUT2D eigenvalue weighted by molar-refractivity contribution is 6.30. The van der Waals surface area contributed by atoms with E-state index >= 15 is 0 Å². The van der Waals surface area contributed by atoms with Gasteiger partial charge in [0.05, 0.1) is 12.6 Å². The van der Waals surface area contributed by atoms with Gasteiger partial charge < -0.3 is 30.1 Å². The number of amidine groups is 1. The van der Waals surface area contributed by atoms with Crippen molar-refractivity contribution >= 4 is 29.4 Å². The van der Waals surface area contributed by atoms with Gasteiger partial charge in [0.25, 0.3) is 6.02 Å². The number of likely N-dealkylation sites (tertiary alicyclic amines) is 1. The molecule has 256 valence electrons. The van der Waals surface area contributed by atoms with E-state index < -0.39 is 11.6 Å². The second kappa shape index (κ2) is 16.3. The number of hydrogen-bond acceptors (Lipinski definition) is 7. The molecule has 0 aromatic heterocycles. The van der Waals surface area contributed by atoms with E-state index in [4.69, 9.17) is 21.3 Å². The third kappa shape index (κ3) is 9.48. The SMILES string of the molecule is CC(C)N[C@H](CCCCN1CCCCC1)C(=O)N1CCN(C2=NC(C)(C)C(c3ccccc3)O2)C[C@H]1C(=O)NCc1cccc(Cl)c1. The standard InChI is InChI=1S/C37H53ClN6O3/c1-27(2)40-31(18-9-12-21-42-19-10-6-11-20-42)35(46)44-23-22-43(26-32(44)34(45)39-25-28-14-13-17-30(38)24-28)36-41-37(3,4)33(47-36)29-15-7-5-8-16-29/h5,7-8,13-17,24,27,31-33,40H,6,9-12,18-23,25-26H2,1-4H3,(H,39,45)/t31-,32+,33?/m1/s1. The fraction of sp³-hybridized carbons (Fsp3) is 0.595. The number of piperazine rings is 1. The fourth-order valence-electron chi connectivity index (χ4n) is 6.98. The first-order chi connectivity index (χ1) is 22.6. The van der Waals surface area contributed by atoms with Crippen LogP contribution >= 0.6 is 11.6 Å². The number of amides is 2. The smallest absolute Gasteiger partial charge is 0.288 e. The highest BCUT2D eigenvalue weighted by atomic mass is 35.5. The Labute approximate surface area is 286 Å². The molecule has 0 spiro atoms. The Bertz CT molecular complexity index is 1360. The van der Waals surface area contributed by atoms with E-state index in [1.54, 1.807) is 4.90 Å². The summed E-state index contributed by atoms with van der Waals surface area (Å²) in [6.45, 7) is 13.3. The van der Waals surface area contributed by atoms with Gasteiger partial charge in [-0.15, -0.1) is 0 Å². The summed E-state index contributed by atoms with van der Waals surface area (Å²) < 4.78 is 6.49. The first kappa shape index (κ1) is 35.2. The van der Waals surface area contributed by atoms with E-state index in [9.17, 15) is 9.59 Å². The summed E-state index contributed by atoms with van der Waals surface area (Å²) >= 11 is 6.21. The van der Waals surface area contributed by atoms with Crippen LogP contribution in [0.1, 0.15) is 83.5 Å². The molecule has 3 aliphatic heterocycles. The summed E-state index contributed by atoms with van der Waals surface area (Å²) in [5, 5.41) is 7.23. The zero-order valence-corrected chi connectivity index (χ0v) is 29.3. The van der Waals surface area contributed by atoms with Crippen LogP contribution in [0, 0.1) is 0 Å². The summed E-state index contributed by atoms with van der Waals surface area (Å²) in [5.41, 5.74) is 1.48. The zero-order valence-electron chi connectivity index (χ0n) is 28.6. The Balaban J connectivity index is 1.30. The first-order valence-corrected chi connectivity index (χ1v) is 17.9. The van der Waals surface area contributed by atoms with Gasteiger partial charge in [-0.1, -0.05) is 80.8 Å². The number of nitrogens with zero attached hydrogens (tertiary/aromatic N) is 4. The van der Waals surface area contributed by atoms with Gasteiger partial charge in [0.2, 0.25) is 11.8 Å². The van der Waals surface area contributed by atoms with E-state index in [2.05, 4.69) is 55.4 Å². The number of carbonyl (C=O) groups is 2. The summed E-state index contributed by atoms with van der Waals surface area (Å²) in [6.07, 6.45) is 6.42. The molecule has 2 aromatic carbocycles. The Morgan fingerprint density at radius 2 is 1.77 bits per heavy atom. The van der Waals surface area contributed by atoms with Crippen molar-refractivity contribution in [2.24, 2.45) is 4.99 Å². The number of hydrogen-bond donors (Lipinski definition) is 2. The van der Waals surface area contributed by atoms with Crippen LogP contribution in [0.3, 0.4) is 0 Å². The molecule has 3 heterocycles. The summed E-state index contributed by atoms with van der Waals surface area (Å²) in [6, 6.07) is 17.2. The molecule has 2 amide bonds. The molecule has 0 aliphatic carbocycles. The zero-order chi connectivity index (χ0) is 33.4. The van der Waals surface area contributed by atoms with Gasteiger partial charge in [0, 0.05) is 30.7 Å². The van der Waals surface area contributed by atoms with Crippen molar-refractivity contribution < 1.29 is 14.3 Å². The fourth-order valence-corrected chi connectivity index (χ4v) is 7.19. The number of nitrogens with one attached hydrogen (secondary N) is 2. The van der Waals surface area contributed by atoms with Crippen LogP contribution < -0.4 is 10.6 Å². The number of unbranched alkanes of at least 4 members (excludes halogenated alkanes) is 1. The molecule has 3 aliphatic rings. The molecule has 0 saturated carbocycles. The van der Waals surface area contributed by atoms with Gasteiger partial charge >= 0.3 is 0 Å². The normalized spacial score (nSPS) is 22.1. The highest BCUT2D eigenvalue weighted by Gasteiger charge is 2.44. The van der Waals surface area contributed by atoms with Crippen LogP contribution in [0.5, 0.6) is 0 Å². The van der Waals surface area contributed by atoms with Crippen LogP contribution in [0.15, 0.2) is 59.6 Å². The Morgan fingerprint density at radius 1 is 1.00 bits per heavy atom. The second-order valence-electron chi connectivity index (χ2n) is 14.1. The highest BCUT2D eigenvalue weighted by Crippen LogP contribution is 2.38. The number of aliphatic imine (C=N–C) groups is 1. The topological polar surface area (TPSA) is 89.5 Å². The lowest BCUT2D eigenvalue weighted by Gasteiger charge is -2.42. The number of rotatable bonds is 12. The van der Waals surface area contributed by atoms with E-state index in [1.165, 1.54) is 32.4 Å². The molecule has 0 radical (unpaired) electrons. The van der Waals surface area contributed by atoms with Gasteiger partial charge in [-0.25, -0.2) is 4.99 Å². The van der Waals surface area contributed by atoms with Crippen LogP contribution in [-0.2, 0) is 20.9 Å². The van der Waals surface area contributed by atoms with Gasteiger partial charge in [-0.2, -0.15) is 0 Å². The van der Waals surface area contributed by atoms with Gasteiger partial charge in [-0.3, -0.25) is 9.59 Å². The van der Waals surface area contributed by atoms with Gasteiger partial charge in [0.1, 0.15) is 11.6 Å². The number of ether oxygens (including phenoxy) is 1. The lowest BCUT2D eigenvalue weighted by Crippen LogP contribution is -2.64. The van der Waals surface area contributed by atoms with Crippen molar-refractivity contribution in [1.82, 2.24) is 25.3 Å². The van der Waals surface area contributed by atoms with Crippen LogP contribution in [0.25, 0.3) is 0 Å². The van der Waals surface area contributed by atoms with E-state index in [0.29, 0.717) is 37.2 Å². The molecule has 0 bridgehead atoms. The minimum Gasteiger partial charge on any atom is -0.454 e. The summed E-state index contributed by atoms with van der Waals surface area (Å²) in [7, 11) is 0. The minimum absolute atomic E-state index is 0.0176. The van der Waals surface area contributed by atoms with Crippen LogP contribution in [0.4, 0.5) is 0 Å². The van der Waals surface area contributed by atoms with Crippen LogP contribution in [-0.4, -0.2) is 95.5 Å². The molecular formula is C37H53ClN6O3. The van der Waals surface area contributed by atoms with E-state index in [1.807, 2.05) is 47.4 Å². The molecule has 2 aromatic rings. The minimum atomic E-state index is -0.703. The Kier molecular flexibility index (Phi) is 12.2. The van der Waals surface area contributed by atoms with E-state index in [-0.39, 0.29) is 30.0 Å². The van der Waals surface area contributed by atoms with Crippen molar-refractivity contribution in [1.29, 1.82) is 0 Å². The molecule has 2 saturated heterocycles. The second-order valence-corrected chi connectivity index (χ2v) is 14.5. The average Bonchev–Trinajstić information content (AvgIpc) is 3.40. The predicted molar refractivity (Wildman–Crippen MR) is 188 cm³/mol. The third-order valence-electron chi connectivity index (χ3n) is 9.44. The van der Waals surface area contributed by atoms with Gasteiger partial charge in [-0.05, 0) is 82.4 Å². The molecule has 2 N–H and O–H groups in total. The largest absolute Gasteiger partial charge is 0.454 e. The van der Waals surface area contributed by atoms with Crippen molar-refractivity contribution in [3.05, 3.63) is 70.7 Å². The lowest BCUT2D eigenvalue weighted by molar-refractivity contribution is -0.145. The number of piperidine rings is 1. The Hall–Kier alpha value is -3.14. The molecule has 3 atom stereocenters. The maximum Gasteiger partial charge on any atom is 0.288 e. The predicted octanol–water partition coefficient (Wildman–Crippen LogP) is 5.40. The maximum absolute atomic E-state index is 14.3. The molecule has 1 unspecified atom stereocenters. The number of benzene rings is 2. The Morgan fingerprint density at radius 3 is 2.49 bits per heavy atom. The summed E-state index contributed by atoms with van der Waals surface area (Å²) in [5.74, 6) is -0.218. The maximum atomic E-state index is 14.3. The van der Waals surface area contributed by atoms with E-state index in [0.717, 1.165) is 36.9 Å². The van der Waals surface area contributed by atoms with Crippen molar-refractivity contribution in [2.45, 2.75) is 103 Å². The molecule has 2 fully saturated rings. The first-order valence-electron chi connectivity index (χ1n) is 17.5. The van der Waals surface area contributed by atoms with Crippen molar-refractivity contribution in [3.63, 3.8) is 0 Å². The van der Waals surface area contributed by atoms with Gasteiger partial charge in [0.15, 0.2) is 6.10 Å². The van der Waals surface area contributed by atoms with Crippen molar-refractivity contribution in [3.8, 4) is 0 Å². The van der Waals surface area contributed by atoms with Crippen molar-refractivity contribution in [2.75, 3.05) is 39.3 Å². The molecule has 47 heavy (non-hydrogen) atoms. The monoisotopic (exact) mass is 664 g/mol. The molecule has 10 heteroatoms.